The van der Waals surface area contributed by atoms with Crippen molar-refractivity contribution < 1.29 is 14.7 Å². The molecule has 18 heavy (non-hydrogen) atoms. The summed E-state index contributed by atoms with van der Waals surface area (Å²) in [5.41, 5.74) is 0. The number of carboxylic acids is 1. The van der Waals surface area contributed by atoms with Crippen molar-refractivity contribution in [1.82, 2.24) is 10.6 Å². The van der Waals surface area contributed by atoms with E-state index in [1.807, 2.05) is 6.92 Å². The van der Waals surface area contributed by atoms with Gasteiger partial charge >= 0.3 is 5.97 Å². The molecule has 0 bridgehead atoms. The lowest BCUT2D eigenvalue weighted by Gasteiger charge is -2.21. The number of carboxylic acid groups (broad SMARTS) is 1. The molecule has 1 aliphatic rings. The topological polar surface area (TPSA) is 78.4 Å². The minimum Gasteiger partial charge on any atom is -0.480 e. The van der Waals surface area contributed by atoms with Crippen LogP contribution in [0.15, 0.2) is 0 Å². The summed E-state index contributed by atoms with van der Waals surface area (Å²) in [5, 5.41) is 14.9. The molecule has 1 aliphatic carbocycles. The highest BCUT2D eigenvalue weighted by atomic mass is 16.4. The van der Waals surface area contributed by atoms with E-state index in [4.69, 9.17) is 5.11 Å². The third-order valence-corrected chi connectivity index (χ3v) is 3.42. The van der Waals surface area contributed by atoms with Gasteiger partial charge in [-0.3, -0.25) is 14.9 Å². The number of aliphatic carboxylic acids is 1. The number of rotatable bonds is 7. The van der Waals surface area contributed by atoms with E-state index in [1.54, 1.807) is 6.92 Å². The van der Waals surface area contributed by atoms with Crippen LogP contribution in [-0.2, 0) is 9.59 Å². The Morgan fingerprint density at radius 3 is 2.44 bits per heavy atom. The maximum atomic E-state index is 11.9. The van der Waals surface area contributed by atoms with Crippen molar-refractivity contribution in [2.75, 3.05) is 0 Å². The zero-order chi connectivity index (χ0) is 13.5. The smallest absolute Gasteiger partial charge is 0.320 e. The normalized spacial score (nSPS) is 19.4. The van der Waals surface area contributed by atoms with Crippen LogP contribution in [0.3, 0.4) is 0 Å². The second-order valence-electron chi connectivity index (χ2n) is 5.06. The Morgan fingerprint density at radius 2 is 1.94 bits per heavy atom. The van der Waals surface area contributed by atoms with Crippen LogP contribution >= 0.6 is 0 Å². The first kappa shape index (κ1) is 15.0. The third-order valence-electron chi connectivity index (χ3n) is 3.42. The predicted octanol–water partition coefficient (Wildman–Crippen LogP) is 1.28. The van der Waals surface area contributed by atoms with Gasteiger partial charge in [0.05, 0.1) is 6.04 Å². The van der Waals surface area contributed by atoms with E-state index < -0.39 is 18.1 Å². The Kier molecular flexibility index (Phi) is 6.12. The molecule has 2 unspecified atom stereocenters. The molecule has 1 saturated carbocycles. The molecule has 0 radical (unpaired) electrons. The summed E-state index contributed by atoms with van der Waals surface area (Å²) in [6.45, 7) is 3.65. The summed E-state index contributed by atoms with van der Waals surface area (Å²) in [4.78, 5) is 22.9. The van der Waals surface area contributed by atoms with Crippen molar-refractivity contribution in [3.8, 4) is 0 Å². The molecule has 1 rings (SSSR count). The SMILES string of the molecule is CCCC(NC(C)C(=O)NC1CCCC1)C(=O)O. The highest BCUT2D eigenvalue weighted by Crippen LogP contribution is 2.17. The molecule has 1 fully saturated rings. The van der Waals surface area contributed by atoms with Crippen molar-refractivity contribution in [1.29, 1.82) is 0 Å². The number of carbonyl (C=O) groups is 2. The zero-order valence-corrected chi connectivity index (χ0v) is 11.2. The Bertz CT molecular complexity index is 288. The number of carbonyl (C=O) groups excluding carboxylic acids is 1. The van der Waals surface area contributed by atoms with Gasteiger partial charge in [-0.15, -0.1) is 0 Å². The van der Waals surface area contributed by atoms with Crippen LogP contribution in [0.4, 0.5) is 0 Å². The van der Waals surface area contributed by atoms with E-state index in [2.05, 4.69) is 10.6 Å². The summed E-state index contributed by atoms with van der Waals surface area (Å²) in [6.07, 6.45) is 5.73. The molecule has 5 nitrogen and oxygen atoms in total. The first-order valence-electron chi connectivity index (χ1n) is 6.83. The summed E-state index contributed by atoms with van der Waals surface area (Å²) < 4.78 is 0. The van der Waals surface area contributed by atoms with Crippen LogP contribution in [0, 0.1) is 0 Å². The van der Waals surface area contributed by atoms with Gasteiger partial charge in [-0.05, 0) is 26.2 Å². The summed E-state index contributed by atoms with van der Waals surface area (Å²) in [5.74, 6) is -0.985. The molecule has 3 N–H and O–H groups in total. The Hall–Kier alpha value is -1.10. The van der Waals surface area contributed by atoms with Gasteiger partial charge in [0.25, 0.3) is 0 Å². The van der Waals surface area contributed by atoms with E-state index >= 15 is 0 Å². The van der Waals surface area contributed by atoms with Gasteiger partial charge in [-0.2, -0.15) is 0 Å². The van der Waals surface area contributed by atoms with Crippen LogP contribution in [0.2, 0.25) is 0 Å². The van der Waals surface area contributed by atoms with Gasteiger partial charge < -0.3 is 10.4 Å². The summed E-state index contributed by atoms with van der Waals surface area (Å²) in [6, 6.07) is -0.825. The second kappa shape index (κ2) is 7.36. The zero-order valence-electron chi connectivity index (χ0n) is 11.2. The van der Waals surface area contributed by atoms with E-state index in [0.717, 1.165) is 19.3 Å². The molecule has 0 spiro atoms. The lowest BCUT2D eigenvalue weighted by molar-refractivity contribution is -0.140. The highest BCUT2D eigenvalue weighted by Gasteiger charge is 2.24. The van der Waals surface area contributed by atoms with E-state index in [1.165, 1.54) is 12.8 Å². The standard InChI is InChI=1S/C13H24N2O3/c1-3-6-11(13(17)18)14-9(2)12(16)15-10-7-4-5-8-10/h9-11,14H,3-8H2,1-2H3,(H,15,16)(H,17,18). The fraction of sp³-hybridized carbons (Fsp3) is 0.846. The molecular weight excluding hydrogens is 232 g/mol. The molecule has 2 atom stereocenters. The molecule has 0 aromatic heterocycles. The maximum Gasteiger partial charge on any atom is 0.320 e. The van der Waals surface area contributed by atoms with Crippen LogP contribution in [0.5, 0.6) is 0 Å². The summed E-state index contributed by atoms with van der Waals surface area (Å²) >= 11 is 0. The maximum absolute atomic E-state index is 11.9. The minimum atomic E-state index is -0.891. The molecule has 0 saturated heterocycles. The van der Waals surface area contributed by atoms with E-state index in [0.29, 0.717) is 6.42 Å². The van der Waals surface area contributed by atoms with Gasteiger partial charge in [-0.25, -0.2) is 0 Å². The second-order valence-corrected chi connectivity index (χ2v) is 5.06. The third kappa shape index (κ3) is 4.64. The molecule has 0 aromatic carbocycles. The first-order valence-corrected chi connectivity index (χ1v) is 6.83. The molecule has 0 aliphatic heterocycles. The van der Waals surface area contributed by atoms with Crippen molar-refractivity contribution in [3.05, 3.63) is 0 Å². The minimum absolute atomic E-state index is 0.0933. The van der Waals surface area contributed by atoms with Crippen molar-refractivity contribution in [2.45, 2.75) is 70.5 Å². The Morgan fingerprint density at radius 1 is 1.33 bits per heavy atom. The van der Waals surface area contributed by atoms with Crippen molar-refractivity contribution in [2.24, 2.45) is 0 Å². The molecule has 0 heterocycles. The molecule has 5 heteroatoms. The predicted molar refractivity (Wildman–Crippen MR) is 69.3 cm³/mol. The number of nitrogens with one attached hydrogen (secondary N) is 2. The Balaban J connectivity index is 2.39. The fourth-order valence-electron chi connectivity index (χ4n) is 2.34. The van der Waals surface area contributed by atoms with Gasteiger partial charge in [0.15, 0.2) is 0 Å². The number of hydrogen-bond acceptors (Lipinski definition) is 3. The lowest BCUT2D eigenvalue weighted by atomic mass is 10.1. The monoisotopic (exact) mass is 256 g/mol. The fourth-order valence-corrected chi connectivity index (χ4v) is 2.34. The van der Waals surface area contributed by atoms with Crippen LogP contribution in [0.25, 0.3) is 0 Å². The number of amides is 1. The average Bonchev–Trinajstić information content (AvgIpc) is 2.80. The largest absolute Gasteiger partial charge is 0.480 e. The van der Waals surface area contributed by atoms with Crippen LogP contribution in [-0.4, -0.2) is 35.1 Å². The lowest BCUT2D eigenvalue weighted by Crippen LogP contribution is -2.51. The van der Waals surface area contributed by atoms with Crippen molar-refractivity contribution in [3.63, 3.8) is 0 Å². The van der Waals surface area contributed by atoms with Gasteiger partial charge in [0.2, 0.25) is 5.91 Å². The van der Waals surface area contributed by atoms with Crippen LogP contribution < -0.4 is 10.6 Å². The molecule has 0 aromatic rings. The first-order chi connectivity index (χ1) is 8.54. The van der Waals surface area contributed by atoms with E-state index in [-0.39, 0.29) is 11.9 Å². The van der Waals surface area contributed by atoms with Crippen molar-refractivity contribution >= 4 is 11.9 Å². The quantitative estimate of drug-likeness (QED) is 0.641. The number of hydrogen-bond donors (Lipinski definition) is 3. The molecular formula is C13H24N2O3. The highest BCUT2D eigenvalue weighted by molar-refractivity contribution is 5.83. The van der Waals surface area contributed by atoms with E-state index in [9.17, 15) is 9.59 Å². The average molecular weight is 256 g/mol. The Labute approximate surface area is 108 Å². The van der Waals surface area contributed by atoms with Gasteiger partial charge in [-0.1, -0.05) is 26.2 Å². The van der Waals surface area contributed by atoms with Gasteiger partial charge in [0.1, 0.15) is 6.04 Å². The van der Waals surface area contributed by atoms with Gasteiger partial charge in [0, 0.05) is 6.04 Å². The van der Waals surface area contributed by atoms with Crippen LogP contribution in [0.1, 0.15) is 52.4 Å². The molecule has 104 valence electrons. The molecule has 1 amide bonds. The summed E-state index contributed by atoms with van der Waals surface area (Å²) in [7, 11) is 0.